The highest BCUT2D eigenvalue weighted by atomic mass is 32.2. The monoisotopic (exact) mass is 427 g/mol. The van der Waals surface area contributed by atoms with Gasteiger partial charge in [0.2, 0.25) is 5.16 Å². The molecule has 7 heteroatoms. The van der Waals surface area contributed by atoms with E-state index in [1.54, 1.807) is 12.4 Å². The highest BCUT2D eigenvalue weighted by Crippen LogP contribution is 2.27. The first-order chi connectivity index (χ1) is 15.2. The van der Waals surface area contributed by atoms with E-state index in [4.69, 9.17) is 0 Å². The third-order valence-corrected chi connectivity index (χ3v) is 5.38. The molecule has 0 aliphatic rings. The van der Waals surface area contributed by atoms with Crippen molar-refractivity contribution in [1.82, 2.24) is 25.5 Å². The summed E-state index contributed by atoms with van der Waals surface area (Å²) in [7, 11) is 0. The lowest BCUT2D eigenvalue weighted by atomic mass is 10.1. The fraction of sp³-hybridized carbons (Fsp3) is 0.0833. The average Bonchev–Trinajstić information content (AvgIpc) is 3.27. The first kappa shape index (κ1) is 20.6. The van der Waals surface area contributed by atoms with Crippen LogP contribution in [0.15, 0.2) is 89.2 Å². The van der Waals surface area contributed by atoms with Crippen LogP contribution in [0, 0.1) is 6.92 Å². The number of amides is 1. The summed E-state index contributed by atoms with van der Waals surface area (Å²) in [6, 6.07) is 21.5. The molecular formula is C24H21N5OS. The first-order valence-electron chi connectivity index (χ1n) is 9.78. The van der Waals surface area contributed by atoms with Crippen molar-refractivity contribution >= 4 is 23.7 Å². The molecule has 0 spiro atoms. The van der Waals surface area contributed by atoms with Gasteiger partial charge in [-0.3, -0.25) is 14.9 Å². The molecule has 0 saturated carbocycles. The molecule has 0 atom stereocenters. The molecule has 0 aliphatic carbocycles. The summed E-state index contributed by atoms with van der Waals surface area (Å²) < 4.78 is 0. The maximum absolute atomic E-state index is 13.0. The molecule has 2 heterocycles. The van der Waals surface area contributed by atoms with Crippen LogP contribution in [-0.2, 0) is 11.3 Å². The fourth-order valence-corrected chi connectivity index (χ4v) is 3.63. The highest BCUT2D eigenvalue weighted by Gasteiger charge is 2.15. The van der Waals surface area contributed by atoms with Crippen molar-refractivity contribution in [3.63, 3.8) is 0 Å². The largest absolute Gasteiger partial charge is 0.347 e. The second kappa shape index (κ2) is 9.86. The Hall–Kier alpha value is -3.71. The van der Waals surface area contributed by atoms with E-state index in [2.05, 4.69) is 25.5 Å². The normalized spacial score (nSPS) is 11.3. The predicted octanol–water partition coefficient (Wildman–Crippen LogP) is 4.62. The predicted molar refractivity (Wildman–Crippen MR) is 123 cm³/mol. The molecule has 2 aromatic heterocycles. The van der Waals surface area contributed by atoms with Gasteiger partial charge in [0.05, 0.1) is 4.91 Å². The number of H-pyrrole nitrogens is 1. The van der Waals surface area contributed by atoms with Crippen LogP contribution in [0.4, 0.5) is 0 Å². The van der Waals surface area contributed by atoms with Gasteiger partial charge in [0.25, 0.3) is 5.91 Å². The standard InChI is InChI=1S/C24H21N5OS/c1-17-9-11-20(12-10-17)22-27-24(29-28-22)31-21(14-18-6-3-2-4-7-18)23(30)26-16-19-8-5-13-25-15-19/h2-15H,16H2,1H3,(H,26,30)(H,27,28,29). The van der Waals surface area contributed by atoms with Gasteiger partial charge in [-0.15, -0.1) is 5.10 Å². The van der Waals surface area contributed by atoms with Crippen LogP contribution < -0.4 is 5.32 Å². The lowest BCUT2D eigenvalue weighted by Crippen LogP contribution is -2.23. The Morgan fingerprint density at radius 1 is 1.06 bits per heavy atom. The average molecular weight is 428 g/mol. The molecule has 154 valence electrons. The molecule has 0 bridgehead atoms. The summed E-state index contributed by atoms with van der Waals surface area (Å²) in [6.07, 6.45) is 5.28. The molecule has 6 nitrogen and oxygen atoms in total. The molecule has 4 aromatic rings. The summed E-state index contributed by atoms with van der Waals surface area (Å²) in [5.41, 5.74) is 3.98. The SMILES string of the molecule is Cc1ccc(-c2nc(SC(=Cc3ccccc3)C(=O)NCc3cccnc3)n[nH]2)cc1. The fourth-order valence-electron chi connectivity index (χ4n) is 2.85. The number of carbonyl (C=O) groups excluding carboxylic acids is 1. The van der Waals surface area contributed by atoms with E-state index in [0.717, 1.165) is 16.7 Å². The van der Waals surface area contributed by atoms with E-state index in [9.17, 15) is 4.79 Å². The van der Waals surface area contributed by atoms with E-state index in [1.165, 1.54) is 17.3 Å². The van der Waals surface area contributed by atoms with Crippen LogP contribution in [0.2, 0.25) is 0 Å². The molecular weight excluding hydrogens is 406 g/mol. The molecule has 0 radical (unpaired) electrons. The van der Waals surface area contributed by atoms with Gasteiger partial charge in [-0.25, -0.2) is 4.98 Å². The van der Waals surface area contributed by atoms with E-state index in [-0.39, 0.29) is 5.91 Å². The van der Waals surface area contributed by atoms with E-state index < -0.39 is 0 Å². The minimum absolute atomic E-state index is 0.195. The molecule has 0 aliphatic heterocycles. The Bertz CT molecular complexity index is 1170. The number of nitrogens with zero attached hydrogens (tertiary/aromatic N) is 3. The maximum Gasteiger partial charge on any atom is 0.258 e. The Labute approximate surface area is 184 Å². The minimum atomic E-state index is -0.195. The van der Waals surface area contributed by atoms with Crippen molar-refractivity contribution in [2.45, 2.75) is 18.6 Å². The number of nitrogens with one attached hydrogen (secondary N) is 2. The van der Waals surface area contributed by atoms with Crippen molar-refractivity contribution < 1.29 is 4.79 Å². The number of hydrogen-bond acceptors (Lipinski definition) is 5. The highest BCUT2D eigenvalue weighted by molar-refractivity contribution is 8.04. The van der Waals surface area contributed by atoms with Crippen LogP contribution in [0.3, 0.4) is 0 Å². The summed E-state index contributed by atoms with van der Waals surface area (Å²) in [6.45, 7) is 2.43. The van der Waals surface area contributed by atoms with Crippen LogP contribution in [0.5, 0.6) is 0 Å². The van der Waals surface area contributed by atoms with Crippen LogP contribution in [0.1, 0.15) is 16.7 Å². The quantitative estimate of drug-likeness (QED) is 0.332. The molecule has 2 aromatic carbocycles. The maximum atomic E-state index is 13.0. The number of carbonyl (C=O) groups is 1. The van der Waals surface area contributed by atoms with Gasteiger partial charge in [0.15, 0.2) is 5.82 Å². The third-order valence-electron chi connectivity index (χ3n) is 4.49. The number of aryl methyl sites for hydroxylation is 1. The number of aromatic nitrogens is 4. The van der Waals surface area contributed by atoms with Gasteiger partial charge in [0, 0.05) is 24.5 Å². The van der Waals surface area contributed by atoms with E-state index >= 15 is 0 Å². The number of pyridine rings is 1. The molecule has 4 rings (SSSR count). The van der Waals surface area contributed by atoms with Crippen molar-refractivity contribution in [3.8, 4) is 11.4 Å². The topological polar surface area (TPSA) is 83.6 Å². The zero-order valence-electron chi connectivity index (χ0n) is 16.9. The second-order valence-electron chi connectivity index (χ2n) is 6.90. The van der Waals surface area contributed by atoms with Crippen LogP contribution in [-0.4, -0.2) is 26.1 Å². The summed E-state index contributed by atoms with van der Waals surface area (Å²) in [5, 5.41) is 10.7. The second-order valence-corrected chi connectivity index (χ2v) is 7.91. The first-order valence-corrected chi connectivity index (χ1v) is 10.6. The summed E-state index contributed by atoms with van der Waals surface area (Å²) in [4.78, 5) is 22.1. The number of rotatable bonds is 7. The lowest BCUT2D eigenvalue weighted by Gasteiger charge is -2.07. The van der Waals surface area contributed by atoms with Gasteiger partial charge >= 0.3 is 0 Å². The zero-order valence-corrected chi connectivity index (χ0v) is 17.8. The van der Waals surface area contributed by atoms with Crippen molar-refractivity contribution in [3.05, 3.63) is 101 Å². The van der Waals surface area contributed by atoms with Gasteiger partial charge in [-0.2, -0.15) is 0 Å². The Balaban J connectivity index is 1.54. The molecule has 0 fully saturated rings. The minimum Gasteiger partial charge on any atom is -0.347 e. The van der Waals surface area contributed by atoms with E-state index in [0.29, 0.717) is 22.4 Å². The Kier molecular flexibility index (Phi) is 6.54. The zero-order chi connectivity index (χ0) is 21.5. The molecule has 0 unspecified atom stereocenters. The molecule has 31 heavy (non-hydrogen) atoms. The van der Waals surface area contributed by atoms with Crippen molar-refractivity contribution in [1.29, 1.82) is 0 Å². The summed E-state index contributed by atoms with van der Waals surface area (Å²) >= 11 is 1.23. The van der Waals surface area contributed by atoms with E-state index in [1.807, 2.05) is 79.7 Å². The van der Waals surface area contributed by atoms with Crippen LogP contribution >= 0.6 is 11.8 Å². The number of aromatic amines is 1. The molecule has 1 amide bonds. The number of benzene rings is 2. The Morgan fingerprint density at radius 3 is 2.61 bits per heavy atom. The smallest absolute Gasteiger partial charge is 0.258 e. The van der Waals surface area contributed by atoms with Gasteiger partial charge in [0.1, 0.15) is 0 Å². The Morgan fingerprint density at radius 2 is 1.87 bits per heavy atom. The van der Waals surface area contributed by atoms with Gasteiger partial charge < -0.3 is 5.32 Å². The third kappa shape index (κ3) is 5.67. The molecule has 2 N–H and O–H groups in total. The number of hydrogen-bond donors (Lipinski definition) is 2. The van der Waals surface area contributed by atoms with Crippen molar-refractivity contribution in [2.75, 3.05) is 0 Å². The van der Waals surface area contributed by atoms with Gasteiger partial charge in [-0.05, 0) is 42.0 Å². The number of thioether (sulfide) groups is 1. The van der Waals surface area contributed by atoms with Crippen LogP contribution in [0.25, 0.3) is 17.5 Å². The van der Waals surface area contributed by atoms with Gasteiger partial charge in [-0.1, -0.05) is 66.2 Å². The molecule has 0 saturated heterocycles. The van der Waals surface area contributed by atoms with Crippen molar-refractivity contribution in [2.24, 2.45) is 0 Å². The lowest BCUT2D eigenvalue weighted by molar-refractivity contribution is -0.116. The summed E-state index contributed by atoms with van der Waals surface area (Å²) in [5.74, 6) is 0.469.